The normalized spacial score (nSPS) is 9.70. The summed E-state index contributed by atoms with van der Waals surface area (Å²) in [6.45, 7) is 2.15. The molecule has 0 amide bonds. The molecule has 0 spiro atoms. The van der Waals surface area contributed by atoms with E-state index in [1.807, 2.05) is 6.07 Å². The summed E-state index contributed by atoms with van der Waals surface area (Å²) in [6, 6.07) is 1.91. The van der Waals surface area contributed by atoms with Crippen molar-refractivity contribution >= 4 is 0 Å². The van der Waals surface area contributed by atoms with Crippen molar-refractivity contribution in [1.82, 2.24) is 9.97 Å². The molecule has 1 radical (unpaired) electrons. The Labute approximate surface area is 61.3 Å². The third kappa shape index (κ3) is 2.13. The average molecular weight is 135 g/mol. The molecule has 2 nitrogen and oxygen atoms in total. The van der Waals surface area contributed by atoms with Crippen molar-refractivity contribution in [3.63, 3.8) is 0 Å². The van der Waals surface area contributed by atoms with E-state index < -0.39 is 0 Å². The molecule has 0 fully saturated rings. The Morgan fingerprint density at radius 1 is 1.60 bits per heavy atom. The van der Waals surface area contributed by atoms with E-state index in [0.717, 1.165) is 12.1 Å². The number of hydrogen-bond donors (Lipinski definition) is 0. The molecule has 1 aromatic heterocycles. The summed E-state index contributed by atoms with van der Waals surface area (Å²) in [4.78, 5) is 7.87. The summed E-state index contributed by atoms with van der Waals surface area (Å²) < 4.78 is 0. The van der Waals surface area contributed by atoms with Crippen LogP contribution in [0.1, 0.15) is 25.5 Å². The van der Waals surface area contributed by atoms with Crippen LogP contribution >= 0.6 is 0 Å². The van der Waals surface area contributed by atoms with Gasteiger partial charge in [0.05, 0.1) is 0 Å². The summed E-state index contributed by atoms with van der Waals surface area (Å²) in [7, 11) is 0. The van der Waals surface area contributed by atoms with E-state index in [4.69, 9.17) is 0 Å². The molecular formula is C8H11N2. The first-order valence-corrected chi connectivity index (χ1v) is 3.52. The van der Waals surface area contributed by atoms with Gasteiger partial charge in [-0.1, -0.05) is 13.3 Å². The third-order valence-corrected chi connectivity index (χ3v) is 1.25. The number of hydrogen-bond acceptors (Lipinski definition) is 2. The average Bonchev–Trinajstić information content (AvgIpc) is 2.03. The van der Waals surface area contributed by atoms with Crippen molar-refractivity contribution in [2.24, 2.45) is 0 Å². The number of aromatic nitrogens is 2. The molecule has 1 rings (SSSR count). The summed E-state index contributed by atoms with van der Waals surface area (Å²) in [5.74, 6) is 0. The first-order chi connectivity index (χ1) is 4.93. The van der Waals surface area contributed by atoms with Gasteiger partial charge in [0.25, 0.3) is 0 Å². The Kier molecular flexibility index (Phi) is 2.87. The highest BCUT2D eigenvalue weighted by Gasteiger charge is 1.90. The first-order valence-electron chi connectivity index (χ1n) is 3.52. The van der Waals surface area contributed by atoms with Crippen LogP contribution in [0.4, 0.5) is 0 Å². The van der Waals surface area contributed by atoms with Crippen LogP contribution in [0.25, 0.3) is 0 Å². The summed E-state index contributed by atoms with van der Waals surface area (Å²) in [6.07, 6.45) is 7.71. The van der Waals surface area contributed by atoms with Gasteiger partial charge in [-0.05, 0) is 12.5 Å². The van der Waals surface area contributed by atoms with E-state index >= 15 is 0 Å². The maximum absolute atomic E-state index is 4.05. The van der Waals surface area contributed by atoms with Crippen molar-refractivity contribution in [3.8, 4) is 0 Å². The zero-order valence-electron chi connectivity index (χ0n) is 6.12. The van der Waals surface area contributed by atoms with Gasteiger partial charge >= 0.3 is 0 Å². The second kappa shape index (κ2) is 3.99. The fraction of sp³-hybridized carbons (Fsp3) is 0.375. The smallest absolute Gasteiger partial charge is 0.115 e. The van der Waals surface area contributed by atoms with Gasteiger partial charge in [-0.2, -0.15) is 0 Å². The molecule has 0 bridgehead atoms. The lowest BCUT2D eigenvalue weighted by atomic mass is 10.2. The summed E-state index contributed by atoms with van der Waals surface area (Å²) >= 11 is 0. The van der Waals surface area contributed by atoms with Crippen LogP contribution in [0.3, 0.4) is 0 Å². The predicted molar refractivity (Wildman–Crippen MR) is 40.3 cm³/mol. The minimum absolute atomic E-state index is 1.02. The lowest BCUT2D eigenvalue weighted by molar-refractivity contribution is 0.896. The molecule has 0 aliphatic rings. The summed E-state index contributed by atoms with van der Waals surface area (Å²) in [5, 5.41) is 0. The molecule has 10 heavy (non-hydrogen) atoms. The molecule has 0 aliphatic heterocycles. The van der Waals surface area contributed by atoms with Crippen molar-refractivity contribution in [3.05, 3.63) is 30.7 Å². The van der Waals surface area contributed by atoms with Crippen molar-refractivity contribution in [2.75, 3.05) is 0 Å². The van der Waals surface area contributed by atoms with Gasteiger partial charge in [-0.3, -0.25) is 0 Å². The second-order valence-corrected chi connectivity index (χ2v) is 2.13. The molecule has 1 heterocycles. The molecular weight excluding hydrogens is 124 g/mol. The minimum atomic E-state index is 1.02. The van der Waals surface area contributed by atoms with Crippen molar-refractivity contribution < 1.29 is 0 Å². The van der Waals surface area contributed by atoms with E-state index in [0.29, 0.717) is 0 Å². The molecule has 0 unspecified atom stereocenters. The van der Waals surface area contributed by atoms with E-state index in [-0.39, 0.29) is 0 Å². The van der Waals surface area contributed by atoms with Crippen LogP contribution < -0.4 is 0 Å². The number of nitrogens with zero attached hydrogens (tertiary/aromatic N) is 2. The van der Waals surface area contributed by atoms with Crippen LogP contribution in [0.5, 0.6) is 0 Å². The maximum atomic E-state index is 4.05. The highest BCUT2D eigenvalue weighted by atomic mass is 14.8. The van der Waals surface area contributed by atoms with Crippen LogP contribution in [0.15, 0.2) is 18.6 Å². The van der Waals surface area contributed by atoms with Gasteiger partial charge in [-0.25, -0.2) is 9.97 Å². The van der Waals surface area contributed by atoms with Crippen LogP contribution in [-0.4, -0.2) is 9.97 Å². The summed E-state index contributed by atoms with van der Waals surface area (Å²) in [5.41, 5.74) is 1.02. The largest absolute Gasteiger partial charge is 0.245 e. The SMILES string of the molecule is CCC[CH]c1ccncn1. The van der Waals surface area contributed by atoms with E-state index in [2.05, 4.69) is 23.3 Å². The Morgan fingerprint density at radius 3 is 3.10 bits per heavy atom. The standard InChI is InChI=1S/C8H11N2/c1-2-3-4-8-5-6-9-7-10-8/h4-7H,2-3H2,1H3. The lowest BCUT2D eigenvalue weighted by Crippen LogP contribution is -1.86. The number of rotatable bonds is 3. The van der Waals surface area contributed by atoms with Gasteiger partial charge < -0.3 is 0 Å². The highest BCUT2D eigenvalue weighted by Crippen LogP contribution is 2.01. The molecule has 0 N–H and O–H groups in total. The molecule has 53 valence electrons. The second-order valence-electron chi connectivity index (χ2n) is 2.13. The van der Waals surface area contributed by atoms with Crippen LogP contribution in [-0.2, 0) is 0 Å². The number of unbranched alkanes of at least 4 members (excludes halogenated alkanes) is 1. The molecule has 0 saturated heterocycles. The maximum Gasteiger partial charge on any atom is 0.115 e. The Morgan fingerprint density at radius 2 is 2.50 bits per heavy atom. The molecule has 1 aromatic rings. The van der Waals surface area contributed by atoms with Crippen LogP contribution in [0.2, 0.25) is 0 Å². The first kappa shape index (κ1) is 7.19. The monoisotopic (exact) mass is 135 g/mol. The van der Waals surface area contributed by atoms with Gasteiger partial charge in [0, 0.05) is 18.3 Å². The lowest BCUT2D eigenvalue weighted by Gasteiger charge is -1.94. The molecule has 0 saturated carbocycles. The topological polar surface area (TPSA) is 25.8 Å². The minimum Gasteiger partial charge on any atom is -0.245 e. The van der Waals surface area contributed by atoms with Gasteiger partial charge in [0.2, 0.25) is 0 Å². The Bertz CT molecular complexity index is 172. The van der Waals surface area contributed by atoms with Crippen molar-refractivity contribution in [1.29, 1.82) is 0 Å². The van der Waals surface area contributed by atoms with E-state index in [9.17, 15) is 0 Å². The molecule has 0 aliphatic carbocycles. The fourth-order valence-corrected chi connectivity index (χ4v) is 0.714. The van der Waals surface area contributed by atoms with Gasteiger partial charge in [0.15, 0.2) is 0 Å². The van der Waals surface area contributed by atoms with E-state index in [1.54, 1.807) is 12.5 Å². The van der Waals surface area contributed by atoms with Crippen molar-refractivity contribution in [2.45, 2.75) is 19.8 Å². The highest BCUT2D eigenvalue weighted by molar-refractivity contribution is 5.08. The van der Waals surface area contributed by atoms with Crippen LogP contribution in [0, 0.1) is 6.42 Å². The molecule has 0 aromatic carbocycles. The van der Waals surface area contributed by atoms with Gasteiger partial charge in [0.1, 0.15) is 6.33 Å². The molecule has 0 atom stereocenters. The zero-order chi connectivity index (χ0) is 7.23. The van der Waals surface area contributed by atoms with E-state index in [1.165, 1.54) is 6.42 Å². The predicted octanol–water partition coefficient (Wildman–Crippen LogP) is 1.83. The Hall–Kier alpha value is -0.920. The Balaban J connectivity index is 2.43. The zero-order valence-corrected chi connectivity index (χ0v) is 6.12. The fourth-order valence-electron chi connectivity index (χ4n) is 0.714. The third-order valence-electron chi connectivity index (χ3n) is 1.25. The van der Waals surface area contributed by atoms with Gasteiger partial charge in [-0.15, -0.1) is 0 Å². The quantitative estimate of drug-likeness (QED) is 0.631. The molecule has 2 heteroatoms.